The molecule has 2 aliphatic rings. The summed E-state index contributed by atoms with van der Waals surface area (Å²) in [5.41, 5.74) is 1.80. The van der Waals surface area contributed by atoms with Crippen LogP contribution in [-0.2, 0) is 33.9 Å². The normalized spacial score (nSPS) is 19.3. The third-order valence-corrected chi connectivity index (χ3v) is 6.15. The number of esters is 1. The number of rotatable bonds is 4. The van der Waals surface area contributed by atoms with E-state index in [4.69, 9.17) is 10.1 Å². The number of carbonyl (C=O) groups is 3. The van der Waals surface area contributed by atoms with Crippen molar-refractivity contribution < 1.29 is 28.3 Å². The van der Waals surface area contributed by atoms with Gasteiger partial charge in [0.1, 0.15) is 23.7 Å². The first-order valence-electron chi connectivity index (χ1n) is 11.1. The molecule has 2 aliphatic heterocycles. The number of ether oxygens (including phenoxy) is 1. The van der Waals surface area contributed by atoms with Gasteiger partial charge in [0.25, 0.3) is 5.91 Å². The van der Waals surface area contributed by atoms with Crippen molar-refractivity contribution in [2.75, 3.05) is 19.5 Å². The van der Waals surface area contributed by atoms with Crippen molar-refractivity contribution in [3.05, 3.63) is 46.5 Å². The van der Waals surface area contributed by atoms with Gasteiger partial charge in [0.2, 0.25) is 0 Å². The summed E-state index contributed by atoms with van der Waals surface area (Å²) in [6, 6.07) is 4.84. The number of amides is 3. The van der Waals surface area contributed by atoms with Crippen molar-refractivity contribution in [1.29, 1.82) is 5.26 Å². The van der Waals surface area contributed by atoms with Crippen LogP contribution in [0.4, 0.5) is 14.9 Å². The summed E-state index contributed by atoms with van der Waals surface area (Å²) in [4.78, 5) is 45.0. The SMILES string of the molecule is COC(=O)CC[C@H]1Cn2nc3c(c2C(=O)N(C)O1)CN(C(=O)Nc1ccc(F)c(C#N)c1)[C@H](C)C3. The van der Waals surface area contributed by atoms with Gasteiger partial charge < -0.3 is 15.0 Å². The van der Waals surface area contributed by atoms with E-state index in [1.165, 1.54) is 26.3 Å². The number of hydrogen-bond donors (Lipinski definition) is 1. The highest BCUT2D eigenvalue weighted by molar-refractivity contribution is 5.94. The Hall–Kier alpha value is -3.98. The minimum absolute atomic E-state index is 0.135. The number of nitriles is 1. The van der Waals surface area contributed by atoms with Gasteiger partial charge in [-0.15, -0.1) is 0 Å². The summed E-state index contributed by atoms with van der Waals surface area (Å²) in [6.45, 7) is 2.27. The molecule has 0 aliphatic carbocycles. The lowest BCUT2D eigenvalue weighted by molar-refractivity contribution is -0.156. The van der Waals surface area contributed by atoms with Crippen molar-refractivity contribution in [2.24, 2.45) is 0 Å². The van der Waals surface area contributed by atoms with Crippen molar-refractivity contribution in [3.8, 4) is 6.07 Å². The second-order valence-corrected chi connectivity index (χ2v) is 8.52. The molecule has 0 saturated carbocycles. The Bertz CT molecular complexity index is 1220. The van der Waals surface area contributed by atoms with Crippen LogP contribution in [0.15, 0.2) is 18.2 Å². The van der Waals surface area contributed by atoms with E-state index in [0.29, 0.717) is 24.1 Å². The maximum atomic E-state index is 13.6. The first-order chi connectivity index (χ1) is 16.7. The maximum Gasteiger partial charge on any atom is 0.322 e. The van der Waals surface area contributed by atoms with Crippen LogP contribution in [0.1, 0.15) is 47.1 Å². The van der Waals surface area contributed by atoms with Gasteiger partial charge in [-0.1, -0.05) is 0 Å². The molecule has 2 atom stereocenters. The molecule has 0 radical (unpaired) electrons. The van der Waals surface area contributed by atoms with Gasteiger partial charge in [0.15, 0.2) is 0 Å². The lowest BCUT2D eigenvalue weighted by Crippen LogP contribution is -2.45. The molecule has 11 nitrogen and oxygen atoms in total. The highest BCUT2D eigenvalue weighted by Gasteiger charge is 2.37. The number of urea groups is 1. The van der Waals surface area contributed by atoms with Crippen LogP contribution in [0.3, 0.4) is 0 Å². The van der Waals surface area contributed by atoms with Crippen LogP contribution in [0, 0.1) is 17.1 Å². The minimum Gasteiger partial charge on any atom is -0.469 e. The summed E-state index contributed by atoms with van der Waals surface area (Å²) < 4.78 is 19.9. The Morgan fingerprint density at radius 2 is 2.17 bits per heavy atom. The van der Waals surface area contributed by atoms with Crippen molar-refractivity contribution >= 4 is 23.6 Å². The van der Waals surface area contributed by atoms with Crippen molar-refractivity contribution in [2.45, 2.75) is 51.4 Å². The fourth-order valence-corrected chi connectivity index (χ4v) is 4.29. The standard InChI is InChI=1S/C23H25FN6O5/c1-13-8-19-17(12-29(13)23(33)26-15-4-6-18(24)14(9-15)10-25)21-22(32)28(2)35-16(11-30(21)27-19)5-7-20(31)34-3/h4,6,9,13,16H,5,7-8,11-12H2,1-3H3,(H,26,33)/t13-,16+/m1/s1. The Balaban J connectivity index is 1.56. The molecule has 1 N–H and O–H groups in total. The molecular weight excluding hydrogens is 459 g/mol. The van der Waals surface area contributed by atoms with Crippen LogP contribution in [0.25, 0.3) is 0 Å². The molecule has 184 valence electrons. The molecule has 3 amide bonds. The van der Waals surface area contributed by atoms with Crippen molar-refractivity contribution in [1.82, 2.24) is 19.7 Å². The molecule has 0 saturated heterocycles. The first kappa shape index (κ1) is 24.2. The van der Waals surface area contributed by atoms with E-state index in [9.17, 15) is 18.8 Å². The quantitative estimate of drug-likeness (QED) is 0.659. The van der Waals surface area contributed by atoms with E-state index in [1.54, 1.807) is 15.7 Å². The Morgan fingerprint density at radius 3 is 2.89 bits per heavy atom. The van der Waals surface area contributed by atoms with Gasteiger partial charge in [0, 0.05) is 37.2 Å². The van der Waals surface area contributed by atoms with E-state index in [-0.39, 0.29) is 42.8 Å². The summed E-state index contributed by atoms with van der Waals surface area (Å²) in [6.07, 6.45) is 0.457. The molecule has 1 aromatic heterocycles. The number of nitrogens with one attached hydrogen (secondary N) is 1. The van der Waals surface area contributed by atoms with Gasteiger partial charge >= 0.3 is 12.0 Å². The second kappa shape index (κ2) is 9.71. The molecule has 1 aromatic carbocycles. The number of nitrogens with zero attached hydrogens (tertiary/aromatic N) is 5. The average molecular weight is 484 g/mol. The molecule has 12 heteroatoms. The number of benzene rings is 1. The van der Waals surface area contributed by atoms with Crippen LogP contribution >= 0.6 is 0 Å². The molecule has 0 fully saturated rings. The summed E-state index contributed by atoms with van der Waals surface area (Å²) in [5, 5.41) is 17.5. The molecule has 4 rings (SSSR count). The number of hydrogen-bond acceptors (Lipinski definition) is 7. The van der Waals surface area contributed by atoms with Gasteiger partial charge in [-0.25, -0.2) is 14.2 Å². The lowest BCUT2D eigenvalue weighted by atomic mass is 9.99. The lowest BCUT2D eigenvalue weighted by Gasteiger charge is -2.33. The van der Waals surface area contributed by atoms with Crippen LogP contribution in [-0.4, -0.2) is 64.0 Å². The average Bonchev–Trinajstić information content (AvgIpc) is 3.12. The van der Waals surface area contributed by atoms with Gasteiger partial charge in [0.05, 0.1) is 31.5 Å². The molecular formula is C23H25FN6O5. The predicted molar refractivity (Wildman–Crippen MR) is 119 cm³/mol. The topological polar surface area (TPSA) is 130 Å². The van der Waals surface area contributed by atoms with E-state index in [1.807, 2.05) is 6.92 Å². The number of carbonyl (C=O) groups excluding carboxylic acids is 3. The Kier molecular flexibility index (Phi) is 6.70. The zero-order valence-electron chi connectivity index (χ0n) is 19.6. The molecule has 0 spiro atoms. The maximum absolute atomic E-state index is 13.6. The second-order valence-electron chi connectivity index (χ2n) is 8.52. The largest absolute Gasteiger partial charge is 0.469 e. The van der Waals surface area contributed by atoms with E-state index in [2.05, 4.69) is 15.2 Å². The number of halogens is 1. The van der Waals surface area contributed by atoms with E-state index < -0.39 is 23.9 Å². The predicted octanol–water partition coefficient (Wildman–Crippen LogP) is 2.21. The molecule has 0 bridgehead atoms. The van der Waals surface area contributed by atoms with Gasteiger partial charge in [-0.2, -0.15) is 10.4 Å². The third kappa shape index (κ3) is 4.81. The van der Waals surface area contributed by atoms with Crippen LogP contribution in [0.5, 0.6) is 0 Å². The highest BCUT2D eigenvalue weighted by Crippen LogP contribution is 2.30. The molecule has 3 heterocycles. The third-order valence-electron chi connectivity index (χ3n) is 6.15. The van der Waals surface area contributed by atoms with E-state index in [0.717, 1.165) is 16.8 Å². The Morgan fingerprint density at radius 1 is 1.40 bits per heavy atom. The van der Waals surface area contributed by atoms with Crippen molar-refractivity contribution in [3.63, 3.8) is 0 Å². The summed E-state index contributed by atoms with van der Waals surface area (Å²) in [5.74, 6) is -1.43. The van der Waals surface area contributed by atoms with Gasteiger partial charge in [-0.05, 0) is 31.5 Å². The monoisotopic (exact) mass is 484 g/mol. The fourth-order valence-electron chi connectivity index (χ4n) is 4.29. The molecule has 0 unspecified atom stereocenters. The number of fused-ring (bicyclic) bond motifs is 3. The van der Waals surface area contributed by atoms with Gasteiger partial charge in [-0.3, -0.25) is 19.1 Å². The minimum atomic E-state index is -0.668. The number of anilines is 1. The first-order valence-corrected chi connectivity index (χ1v) is 11.1. The number of aromatic nitrogens is 2. The fraction of sp³-hybridized carbons (Fsp3) is 0.435. The van der Waals surface area contributed by atoms with Crippen LogP contribution < -0.4 is 5.32 Å². The molecule has 2 aromatic rings. The summed E-state index contributed by atoms with van der Waals surface area (Å²) >= 11 is 0. The zero-order chi connectivity index (χ0) is 25.3. The number of hydroxylamine groups is 2. The smallest absolute Gasteiger partial charge is 0.322 e. The Labute approximate surface area is 200 Å². The summed E-state index contributed by atoms with van der Waals surface area (Å²) in [7, 11) is 2.81. The van der Waals surface area contributed by atoms with E-state index >= 15 is 0 Å². The highest BCUT2D eigenvalue weighted by atomic mass is 19.1. The number of methoxy groups -OCH3 is 1. The zero-order valence-corrected chi connectivity index (χ0v) is 19.6. The molecule has 35 heavy (non-hydrogen) atoms. The van der Waals surface area contributed by atoms with Crippen LogP contribution in [0.2, 0.25) is 0 Å².